The van der Waals surface area contributed by atoms with Gasteiger partial charge in [0.2, 0.25) is 0 Å². The Balaban J connectivity index is 1.43. The van der Waals surface area contributed by atoms with Crippen molar-refractivity contribution in [1.29, 1.82) is 0 Å². The van der Waals surface area contributed by atoms with E-state index >= 15 is 0 Å². The Bertz CT molecular complexity index is 844. The summed E-state index contributed by atoms with van der Waals surface area (Å²) in [6.45, 7) is 2.85. The van der Waals surface area contributed by atoms with E-state index in [9.17, 15) is 5.11 Å². The molecular formula is C22H23N3O. The minimum atomic E-state index is 0.342. The molecule has 132 valence electrons. The van der Waals surface area contributed by atoms with Gasteiger partial charge in [-0.3, -0.25) is 4.90 Å². The number of phenols is 1. The van der Waals surface area contributed by atoms with Gasteiger partial charge in [-0.25, -0.2) is 9.97 Å². The van der Waals surface area contributed by atoms with Gasteiger partial charge in [0.25, 0.3) is 0 Å². The number of rotatable bonds is 4. The number of aromatic hydroxyl groups is 1. The Labute approximate surface area is 154 Å². The zero-order valence-corrected chi connectivity index (χ0v) is 14.8. The van der Waals surface area contributed by atoms with Crippen LogP contribution in [0.1, 0.15) is 29.9 Å². The van der Waals surface area contributed by atoms with Crippen molar-refractivity contribution in [2.75, 3.05) is 13.1 Å². The van der Waals surface area contributed by atoms with Gasteiger partial charge in [-0.1, -0.05) is 30.3 Å². The fraction of sp³-hybridized carbons (Fsp3) is 0.273. The first-order valence-corrected chi connectivity index (χ1v) is 9.16. The summed E-state index contributed by atoms with van der Waals surface area (Å²) in [5, 5.41) is 10.3. The number of benzene rings is 2. The lowest BCUT2D eigenvalue weighted by Crippen LogP contribution is -2.32. The Morgan fingerprint density at radius 2 is 1.65 bits per heavy atom. The summed E-state index contributed by atoms with van der Waals surface area (Å²) in [6.07, 6.45) is 5.80. The smallest absolute Gasteiger partial charge is 0.159 e. The van der Waals surface area contributed by atoms with Crippen LogP contribution < -0.4 is 0 Å². The zero-order valence-electron chi connectivity index (χ0n) is 14.8. The molecule has 1 fully saturated rings. The van der Waals surface area contributed by atoms with E-state index in [1.807, 2.05) is 18.2 Å². The first kappa shape index (κ1) is 16.7. The lowest BCUT2D eigenvalue weighted by molar-refractivity contribution is 0.202. The van der Waals surface area contributed by atoms with Crippen molar-refractivity contribution in [1.82, 2.24) is 14.9 Å². The van der Waals surface area contributed by atoms with E-state index in [1.165, 1.54) is 5.56 Å². The SMILES string of the molecule is Oc1ccc(-c2ncccn2)cc1CN1CCC(c2ccccc2)CC1. The summed E-state index contributed by atoms with van der Waals surface area (Å²) in [5.74, 6) is 1.68. The van der Waals surface area contributed by atoms with Crippen LogP contribution in [0.3, 0.4) is 0 Å². The highest BCUT2D eigenvalue weighted by molar-refractivity contribution is 5.58. The van der Waals surface area contributed by atoms with E-state index in [-0.39, 0.29) is 0 Å². The van der Waals surface area contributed by atoms with Crippen molar-refractivity contribution >= 4 is 0 Å². The Kier molecular flexibility index (Phi) is 4.93. The summed E-state index contributed by atoms with van der Waals surface area (Å²) in [5.41, 5.74) is 3.32. The molecule has 0 aliphatic carbocycles. The highest BCUT2D eigenvalue weighted by atomic mass is 16.3. The van der Waals surface area contributed by atoms with Crippen LogP contribution in [0.15, 0.2) is 67.0 Å². The maximum atomic E-state index is 10.3. The van der Waals surface area contributed by atoms with Gasteiger partial charge in [0.05, 0.1) is 0 Å². The van der Waals surface area contributed by atoms with Crippen molar-refractivity contribution in [3.8, 4) is 17.1 Å². The molecule has 1 aliphatic rings. The molecule has 1 aliphatic heterocycles. The molecule has 2 aromatic carbocycles. The lowest BCUT2D eigenvalue weighted by atomic mass is 9.89. The van der Waals surface area contributed by atoms with Crippen LogP contribution >= 0.6 is 0 Å². The number of hydrogen-bond acceptors (Lipinski definition) is 4. The molecule has 1 aromatic heterocycles. The fourth-order valence-corrected chi connectivity index (χ4v) is 3.69. The molecular weight excluding hydrogens is 322 g/mol. The second kappa shape index (κ2) is 7.67. The molecule has 0 amide bonds. The Morgan fingerprint density at radius 3 is 2.38 bits per heavy atom. The van der Waals surface area contributed by atoms with Crippen molar-refractivity contribution in [2.24, 2.45) is 0 Å². The second-order valence-corrected chi connectivity index (χ2v) is 6.88. The van der Waals surface area contributed by atoms with E-state index in [0.717, 1.165) is 43.6 Å². The van der Waals surface area contributed by atoms with Gasteiger partial charge in [-0.05, 0) is 61.7 Å². The summed E-state index contributed by atoms with van der Waals surface area (Å²) >= 11 is 0. The van der Waals surface area contributed by atoms with Gasteiger partial charge in [-0.15, -0.1) is 0 Å². The van der Waals surface area contributed by atoms with Crippen LogP contribution in [0.5, 0.6) is 5.75 Å². The van der Waals surface area contributed by atoms with Gasteiger partial charge in [0.1, 0.15) is 5.75 Å². The quantitative estimate of drug-likeness (QED) is 0.769. The van der Waals surface area contributed by atoms with Gasteiger partial charge in [0.15, 0.2) is 5.82 Å². The molecule has 4 nitrogen and oxygen atoms in total. The summed E-state index contributed by atoms with van der Waals surface area (Å²) in [7, 11) is 0. The summed E-state index contributed by atoms with van der Waals surface area (Å²) in [6, 6.07) is 18.2. The number of piperidine rings is 1. The monoisotopic (exact) mass is 345 g/mol. The summed E-state index contributed by atoms with van der Waals surface area (Å²) < 4.78 is 0. The third kappa shape index (κ3) is 3.75. The molecule has 26 heavy (non-hydrogen) atoms. The highest BCUT2D eigenvalue weighted by Crippen LogP contribution is 2.30. The first-order valence-electron chi connectivity index (χ1n) is 9.16. The normalized spacial score (nSPS) is 15.8. The van der Waals surface area contributed by atoms with Gasteiger partial charge in [-0.2, -0.15) is 0 Å². The Morgan fingerprint density at radius 1 is 0.923 bits per heavy atom. The van der Waals surface area contributed by atoms with E-state index in [2.05, 4.69) is 45.2 Å². The molecule has 0 spiro atoms. The van der Waals surface area contributed by atoms with E-state index in [4.69, 9.17) is 0 Å². The number of nitrogens with zero attached hydrogens (tertiary/aromatic N) is 3. The van der Waals surface area contributed by atoms with Crippen LogP contribution in [0.25, 0.3) is 11.4 Å². The lowest BCUT2D eigenvalue weighted by Gasteiger charge is -2.32. The van der Waals surface area contributed by atoms with E-state index < -0.39 is 0 Å². The van der Waals surface area contributed by atoms with Gasteiger partial charge in [0, 0.05) is 30.1 Å². The van der Waals surface area contributed by atoms with Crippen molar-refractivity contribution in [3.05, 3.63) is 78.1 Å². The number of likely N-dealkylation sites (tertiary alicyclic amines) is 1. The number of aromatic nitrogens is 2. The minimum Gasteiger partial charge on any atom is -0.508 e. The largest absolute Gasteiger partial charge is 0.508 e. The standard InChI is InChI=1S/C22H23N3O/c26-21-8-7-19(22-23-11-4-12-24-22)15-20(21)16-25-13-9-18(10-14-25)17-5-2-1-3-6-17/h1-8,11-12,15,18,26H,9-10,13-14,16H2. The molecule has 0 atom stereocenters. The molecule has 4 rings (SSSR count). The second-order valence-electron chi connectivity index (χ2n) is 6.88. The number of hydrogen-bond donors (Lipinski definition) is 1. The third-order valence-corrected chi connectivity index (χ3v) is 5.16. The molecule has 3 aromatic rings. The van der Waals surface area contributed by atoms with Crippen molar-refractivity contribution < 1.29 is 5.11 Å². The third-order valence-electron chi connectivity index (χ3n) is 5.16. The maximum Gasteiger partial charge on any atom is 0.159 e. The van der Waals surface area contributed by atoms with Crippen LogP contribution in [-0.2, 0) is 6.54 Å². The molecule has 1 N–H and O–H groups in total. The maximum absolute atomic E-state index is 10.3. The minimum absolute atomic E-state index is 0.342. The highest BCUT2D eigenvalue weighted by Gasteiger charge is 2.21. The predicted molar refractivity (Wildman–Crippen MR) is 103 cm³/mol. The van der Waals surface area contributed by atoms with Crippen LogP contribution in [0.2, 0.25) is 0 Å². The molecule has 4 heteroatoms. The molecule has 1 saturated heterocycles. The van der Waals surface area contributed by atoms with Gasteiger partial charge >= 0.3 is 0 Å². The van der Waals surface area contributed by atoms with Crippen molar-refractivity contribution in [2.45, 2.75) is 25.3 Å². The molecule has 0 bridgehead atoms. The first-order chi connectivity index (χ1) is 12.8. The predicted octanol–water partition coefficient (Wildman–Crippen LogP) is 4.23. The van der Waals surface area contributed by atoms with Crippen LogP contribution in [-0.4, -0.2) is 33.1 Å². The zero-order chi connectivity index (χ0) is 17.8. The average molecular weight is 345 g/mol. The Hall–Kier alpha value is -2.72. The molecule has 2 heterocycles. The van der Waals surface area contributed by atoms with Crippen LogP contribution in [0, 0.1) is 0 Å². The topological polar surface area (TPSA) is 49.3 Å². The van der Waals surface area contributed by atoms with E-state index in [1.54, 1.807) is 18.5 Å². The van der Waals surface area contributed by atoms with Crippen molar-refractivity contribution in [3.63, 3.8) is 0 Å². The van der Waals surface area contributed by atoms with E-state index in [0.29, 0.717) is 17.5 Å². The molecule has 0 saturated carbocycles. The molecule has 0 unspecified atom stereocenters. The fourth-order valence-electron chi connectivity index (χ4n) is 3.69. The number of phenolic OH excluding ortho intramolecular Hbond substituents is 1. The van der Waals surface area contributed by atoms with Gasteiger partial charge < -0.3 is 5.11 Å². The van der Waals surface area contributed by atoms with Crippen LogP contribution in [0.4, 0.5) is 0 Å². The molecule has 0 radical (unpaired) electrons. The summed E-state index contributed by atoms with van der Waals surface area (Å²) in [4.78, 5) is 11.0. The average Bonchev–Trinajstić information content (AvgIpc) is 2.71.